The Bertz CT molecular complexity index is 684. The van der Waals surface area contributed by atoms with E-state index in [0.29, 0.717) is 11.6 Å². The van der Waals surface area contributed by atoms with Crippen molar-refractivity contribution in [2.45, 2.75) is 6.92 Å². The SMILES string of the molecule is CCNc1ncc([N+](=O)[O-])c(Oc2ccc(Br)cc2Cl)n1. The monoisotopic (exact) mass is 372 g/mol. The van der Waals surface area contributed by atoms with Gasteiger partial charge in [0.1, 0.15) is 11.9 Å². The van der Waals surface area contributed by atoms with E-state index in [1.165, 1.54) is 0 Å². The van der Waals surface area contributed by atoms with Gasteiger partial charge in [0.15, 0.2) is 0 Å². The van der Waals surface area contributed by atoms with E-state index in [1.807, 2.05) is 6.92 Å². The predicted octanol–water partition coefficient (Wildman–Crippen LogP) is 4.02. The van der Waals surface area contributed by atoms with Crippen LogP contribution in [0.25, 0.3) is 0 Å². The van der Waals surface area contributed by atoms with Crippen LogP contribution in [-0.4, -0.2) is 21.4 Å². The summed E-state index contributed by atoms with van der Waals surface area (Å²) in [5.74, 6) is 0.339. The topological polar surface area (TPSA) is 90.2 Å². The molecule has 0 saturated carbocycles. The highest BCUT2D eigenvalue weighted by Crippen LogP contribution is 2.34. The van der Waals surface area contributed by atoms with E-state index in [4.69, 9.17) is 16.3 Å². The molecule has 0 amide bonds. The average Bonchev–Trinajstić information content (AvgIpc) is 2.42. The maximum absolute atomic E-state index is 11.0. The maximum atomic E-state index is 11.0. The predicted molar refractivity (Wildman–Crippen MR) is 82.1 cm³/mol. The Balaban J connectivity index is 2.40. The molecule has 9 heteroatoms. The van der Waals surface area contributed by atoms with Crippen molar-refractivity contribution < 1.29 is 9.66 Å². The Labute approximate surface area is 133 Å². The van der Waals surface area contributed by atoms with E-state index in [0.717, 1.165) is 10.7 Å². The van der Waals surface area contributed by atoms with Crippen molar-refractivity contribution in [3.63, 3.8) is 0 Å². The van der Waals surface area contributed by atoms with Crippen LogP contribution in [0.4, 0.5) is 11.6 Å². The zero-order valence-electron chi connectivity index (χ0n) is 10.8. The van der Waals surface area contributed by atoms with Crippen molar-refractivity contribution in [1.29, 1.82) is 0 Å². The van der Waals surface area contributed by atoms with Crippen molar-refractivity contribution in [2.75, 3.05) is 11.9 Å². The maximum Gasteiger partial charge on any atom is 0.349 e. The Morgan fingerprint density at radius 1 is 1.52 bits per heavy atom. The van der Waals surface area contributed by atoms with E-state index in [2.05, 4.69) is 31.2 Å². The highest BCUT2D eigenvalue weighted by molar-refractivity contribution is 9.10. The standard InChI is InChI=1S/C12H10BrClN4O3/c1-2-15-12-16-6-9(18(19)20)11(17-12)21-10-4-3-7(13)5-8(10)14/h3-6H,2H2,1H3,(H,15,16,17). The Morgan fingerprint density at radius 3 is 2.90 bits per heavy atom. The lowest BCUT2D eigenvalue weighted by Crippen LogP contribution is -2.05. The van der Waals surface area contributed by atoms with Crippen LogP contribution < -0.4 is 10.1 Å². The number of hydrogen-bond donors (Lipinski definition) is 1. The summed E-state index contributed by atoms with van der Waals surface area (Å²) in [4.78, 5) is 18.2. The summed E-state index contributed by atoms with van der Waals surface area (Å²) in [6, 6.07) is 4.92. The van der Waals surface area contributed by atoms with Crippen LogP contribution >= 0.6 is 27.5 Å². The van der Waals surface area contributed by atoms with Gasteiger partial charge in [0.05, 0.1) is 9.95 Å². The van der Waals surface area contributed by atoms with Crippen molar-refractivity contribution >= 4 is 39.2 Å². The molecule has 1 aromatic carbocycles. The smallest absolute Gasteiger partial charge is 0.349 e. The van der Waals surface area contributed by atoms with Gasteiger partial charge in [-0.05, 0) is 25.1 Å². The molecule has 0 fully saturated rings. The third kappa shape index (κ3) is 3.79. The first-order valence-electron chi connectivity index (χ1n) is 5.89. The Kier molecular flexibility index (Phi) is 4.92. The van der Waals surface area contributed by atoms with E-state index in [-0.39, 0.29) is 23.3 Å². The Morgan fingerprint density at radius 2 is 2.29 bits per heavy atom. The summed E-state index contributed by atoms with van der Waals surface area (Å²) in [5.41, 5.74) is -0.337. The fraction of sp³-hybridized carbons (Fsp3) is 0.167. The van der Waals surface area contributed by atoms with Gasteiger partial charge in [-0.1, -0.05) is 27.5 Å². The summed E-state index contributed by atoms with van der Waals surface area (Å²) < 4.78 is 6.23. The number of rotatable bonds is 5. The second kappa shape index (κ2) is 6.68. The molecule has 0 spiro atoms. The molecule has 0 aliphatic heterocycles. The zero-order valence-corrected chi connectivity index (χ0v) is 13.2. The molecule has 2 rings (SSSR count). The molecule has 0 radical (unpaired) electrons. The first-order chi connectivity index (χ1) is 10.0. The van der Waals surface area contributed by atoms with Crippen LogP contribution in [0.3, 0.4) is 0 Å². The van der Waals surface area contributed by atoms with Crippen LogP contribution in [0, 0.1) is 10.1 Å². The Hall–Kier alpha value is -1.93. The highest BCUT2D eigenvalue weighted by Gasteiger charge is 2.20. The van der Waals surface area contributed by atoms with Crippen molar-refractivity contribution in [3.05, 3.63) is 44.0 Å². The van der Waals surface area contributed by atoms with Crippen molar-refractivity contribution in [2.24, 2.45) is 0 Å². The third-order valence-corrected chi connectivity index (χ3v) is 3.16. The largest absolute Gasteiger partial charge is 0.432 e. The van der Waals surface area contributed by atoms with Crippen LogP contribution in [-0.2, 0) is 0 Å². The van der Waals surface area contributed by atoms with Crippen LogP contribution in [0.5, 0.6) is 11.6 Å². The molecule has 0 bridgehead atoms. The molecule has 0 saturated heterocycles. The number of nitrogens with one attached hydrogen (secondary N) is 1. The molecule has 1 aromatic heterocycles. The number of ether oxygens (including phenoxy) is 1. The van der Waals surface area contributed by atoms with Gasteiger partial charge in [0, 0.05) is 11.0 Å². The van der Waals surface area contributed by atoms with Gasteiger partial charge < -0.3 is 10.1 Å². The molecular weight excluding hydrogens is 364 g/mol. The summed E-state index contributed by atoms with van der Waals surface area (Å²) in [7, 11) is 0. The molecule has 110 valence electrons. The van der Waals surface area contributed by atoms with E-state index in [9.17, 15) is 10.1 Å². The molecule has 0 aliphatic rings. The minimum absolute atomic E-state index is 0.171. The lowest BCUT2D eigenvalue weighted by Gasteiger charge is -2.08. The highest BCUT2D eigenvalue weighted by atomic mass is 79.9. The fourth-order valence-corrected chi connectivity index (χ4v) is 2.18. The lowest BCUT2D eigenvalue weighted by molar-refractivity contribution is -0.386. The molecular formula is C12H10BrClN4O3. The lowest BCUT2D eigenvalue weighted by atomic mass is 10.3. The van der Waals surface area contributed by atoms with Gasteiger partial charge >= 0.3 is 11.6 Å². The van der Waals surface area contributed by atoms with E-state index < -0.39 is 4.92 Å². The third-order valence-electron chi connectivity index (χ3n) is 2.37. The summed E-state index contributed by atoms with van der Waals surface area (Å²) >= 11 is 9.30. The molecule has 2 aromatic rings. The molecule has 21 heavy (non-hydrogen) atoms. The molecule has 0 atom stereocenters. The quantitative estimate of drug-likeness (QED) is 0.628. The number of benzene rings is 1. The van der Waals surface area contributed by atoms with Gasteiger partial charge in [-0.25, -0.2) is 4.98 Å². The van der Waals surface area contributed by atoms with Crippen molar-refractivity contribution in [1.82, 2.24) is 9.97 Å². The molecule has 0 unspecified atom stereocenters. The fourth-order valence-electron chi connectivity index (χ4n) is 1.47. The molecule has 1 N–H and O–H groups in total. The summed E-state index contributed by atoms with van der Waals surface area (Å²) in [6.07, 6.45) is 1.09. The normalized spacial score (nSPS) is 10.2. The summed E-state index contributed by atoms with van der Waals surface area (Å²) in [5, 5.41) is 14.2. The number of nitrogens with zero attached hydrogens (tertiary/aromatic N) is 3. The second-order valence-electron chi connectivity index (χ2n) is 3.85. The van der Waals surface area contributed by atoms with Crippen LogP contribution in [0.2, 0.25) is 5.02 Å². The zero-order chi connectivity index (χ0) is 15.4. The number of hydrogen-bond acceptors (Lipinski definition) is 6. The molecule has 7 nitrogen and oxygen atoms in total. The number of nitro groups is 1. The van der Waals surface area contributed by atoms with Gasteiger partial charge in [-0.15, -0.1) is 0 Å². The first-order valence-corrected chi connectivity index (χ1v) is 7.06. The summed E-state index contributed by atoms with van der Waals surface area (Å²) in [6.45, 7) is 2.44. The average molecular weight is 374 g/mol. The number of aromatic nitrogens is 2. The van der Waals surface area contributed by atoms with Gasteiger partial charge in [-0.2, -0.15) is 4.98 Å². The number of anilines is 1. The van der Waals surface area contributed by atoms with Gasteiger partial charge in [0.2, 0.25) is 5.95 Å². The van der Waals surface area contributed by atoms with E-state index in [1.54, 1.807) is 18.2 Å². The van der Waals surface area contributed by atoms with Crippen LogP contribution in [0.15, 0.2) is 28.9 Å². The van der Waals surface area contributed by atoms with Gasteiger partial charge in [0.25, 0.3) is 0 Å². The second-order valence-corrected chi connectivity index (χ2v) is 5.17. The van der Waals surface area contributed by atoms with Crippen molar-refractivity contribution in [3.8, 4) is 11.6 Å². The minimum atomic E-state index is -0.613. The first kappa shape index (κ1) is 15.5. The van der Waals surface area contributed by atoms with Gasteiger partial charge in [-0.3, -0.25) is 10.1 Å². The van der Waals surface area contributed by atoms with Crippen LogP contribution in [0.1, 0.15) is 6.92 Å². The molecule has 1 heterocycles. The minimum Gasteiger partial charge on any atom is -0.432 e. The number of halogens is 2. The van der Waals surface area contributed by atoms with E-state index >= 15 is 0 Å². The molecule has 0 aliphatic carbocycles.